The first-order valence-corrected chi connectivity index (χ1v) is 11.3. The number of hydrogen-bond acceptors (Lipinski definition) is 6. The van der Waals surface area contributed by atoms with Gasteiger partial charge in [-0.25, -0.2) is 0 Å². The van der Waals surface area contributed by atoms with Gasteiger partial charge in [-0.3, -0.25) is 9.59 Å². The van der Waals surface area contributed by atoms with Crippen LogP contribution in [0.25, 0.3) is 0 Å². The van der Waals surface area contributed by atoms with Crippen molar-refractivity contribution in [2.45, 2.75) is 11.6 Å². The van der Waals surface area contributed by atoms with Crippen LogP contribution in [0, 0.1) is 0 Å². The molecular formula is C21H21Cl2N5O3S. The molecule has 0 radical (unpaired) electrons. The van der Waals surface area contributed by atoms with Gasteiger partial charge in [-0.15, -0.1) is 10.2 Å². The Morgan fingerprint density at radius 2 is 1.91 bits per heavy atom. The van der Waals surface area contributed by atoms with E-state index < -0.39 is 0 Å². The van der Waals surface area contributed by atoms with Crippen LogP contribution < -0.4 is 15.4 Å². The van der Waals surface area contributed by atoms with Gasteiger partial charge in [-0.1, -0.05) is 47.1 Å². The Hall–Kier alpha value is -2.75. The summed E-state index contributed by atoms with van der Waals surface area (Å²) < 4.78 is 7.03. The Kier molecular flexibility index (Phi) is 8.38. The monoisotopic (exact) mass is 493 g/mol. The first-order valence-electron chi connectivity index (χ1n) is 9.56. The van der Waals surface area contributed by atoms with Gasteiger partial charge in [0.25, 0.3) is 5.91 Å². The molecule has 1 aromatic heterocycles. The molecule has 0 aliphatic heterocycles. The Morgan fingerprint density at radius 3 is 2.66 bits per heavy atom. The second-order valence-electron chi connectivity index (χ2n) is 6.63. The van der Waals surface area contributed by atoms with E-state index in [1.54, 1.807) is 35.9 Å². The molecule has 2 N–H and O–H groups in total. The average Bonchev–Trinajstić information content (AvgIpc) is 3.14. The zero-order valence-electron chi connectivity index (χ0n) is 17.4. The van der Waals surface area contributed by atoms with Gasteiger partial charge in [0.1, 0.15) is 11.6 Å². The van der Waals surface area contributed by atoms with Gasteiger partial charge in [-0.2, -0.15) is 0 Å². The molecule has 0 atom stereocenters. The standard InChI is InChI=1S/C21H21Cl2N5O3S/c1-28-18(9-10-24-20(30)13-7-8-14(22)15(23)11-13)26-27-21(28)32-12-19(29)25-16-5-3-4-6-17(16)31-2/h3-8,11H,9-10,12H2,1-2H3,(H,24,30)(H,25,29). The van der Waals surface area contributed by atoms with Crippen LogP contribution in [0.2, 0.25) is 10.0 Å². The fourth-order valence-corrected chi connectivity index (χ4v) is 3.81. The van der Waals surface area contributed by atoms with Crippen molar-refractivity contribution in [2.24, 2.45) is 7.05 Å². The van der Waals surface area contributed by atoms with Crippen molar-refractivity contribution in [3.63, 3.8) is 0 Å². The highest BCUT2D eigenvalue weighted by atomic mass is 35.5. The second kappa shape index (κ2) is 11.2. The zero-order valence-corrected chi connectivity index (χ0v) is 19.7. The summed E-state index contributed by atoms with van der Waals surface area (Å²) in [6, 6.07) is 11.9. The van der Waals surface area contributed by atoms with Crippen LogP contribution >= 0.6 is 35.0 Å². The summed E-state index contributed by atoms with van der Waals surface area (Å²) in [4.78, 5) is 24.5. The van der Waals surface area contributed by atoms with Crippen LogP contribution in [0.15, 0.2) is 47.6 Å². The Morgan fingerprint density at radius 1 is 1.12 bits per heavy atom. The quantitative estimate of drug-likeness (QED) is 0.439. The number of carbonyl (C=O) groups excluding carboxylic acids is 2. The molecule has 0 unspecified atom stereocenters. The maximum absolute atomic E-state index is 12.3. The lowest BCUT2D eigenvalue weighted by molar-refractivity contribution is -0.113. The molecule has 2 aromatic carbocycles. The fourth-order valence-electron chi connectivity index (χ4n) is 2.78. The van der Waals surface area contributed by atoms with Crippen LogP contribution in [-0.2, 0) is 18.3 Å². The topological polar surface area (TPSA) is 98.1 Å². The van der Waals surface area contributed by atoms with Crippen molar-refractivity contribution in [2.75, 3.05) is 24.7 Å². The molecular weight excluding hydrogens is 473 g/mol. The maximum atomic E-state index is 12.3. The molecule has 168 valence electrons. The second-order valence-corrected chi connectivity index (χ2v) is 8.39. The summed E-state index contributed by atoms with van der Waals surface area (Å²) in [6.45, 7) is 0.365. The van der Waals surface area contributed by atoms with Crippen molar-refractivity contribution in [3.05, 3.63) is 63.9 Å². The van der Waals surface area contributed by atoms with Gasteiger partial charge in [0.2, 0.25) is 5.91 Å². The molecule has 0 bridgehead atoms. The van der Waals surface area contributed by atoms with Crippen LogP contribution in [0.3, 0.4) is 0 Å². The number of amides is 2. The lowest BCUT2D eigenvalue weighted by Crippen LogP contribution is -2.26. The number of hydrogen-bond donors (Lipinski definition) is 2. The number of para-hydroxylation sites is 2. The number of nitrogens with one attached hydrogen (secondary N) is 2. The predicted molar refractivity (Wildman–Crippen MR) is 126 cm³/mol. The number of nitrogens with zero attached hydrogens (tertiary/aromatic N) is 3. The smallest absolute Gasteiger partial charge is 0.251 e. The number of rotatable bonds is 9. The highest BCUT2D eigenvalue weighted by Gasteiger charge is 2.14. The molecule has 0 fully saturated rings. The molecule has 32 heavy (non-hydrogen) atoms. The van der Waals surface area contributed by atoms with E-state index in [0.717, 1.165) is 0 Å². The maximum Gasteiger partial charge on any atom is 0.251 e. The summed E-state index contributed by atoms with van der Waals surface area (Å²) in [5.74, 6) is 1.01. The van der Waals surface area contributed by atoms with E-state index in [4.69, 9.17) is 27.9 Å². The molecule has 1 heterocycles. The van der Waals surface area contributed by atoms with Crippen LogP contribution in [0.1, 0.15) is 16.2 Å². The van der Waals surface area contributed by atoms with E-state index in [9.17, 15) is 9.59 Å². The van der Waals surface area contributed by atoms with Crippen molar-refractivity contribution >= 4 is 52.5 Å². The highest BCUT2D eigenvalue weighted by molar-refractivity contribution is 7.99. The predicted octanol–water partition coefficient (Wildman–Crippen LogP) is 3.83. The largest absolute Gasteiger partial charge is 0.495 e. The minimum Gasteiger partial charge on any atom is -0.495 e. The number of thioether (sulfide) groups is 1. The number of anilines is 1. The third kappa shape index (κ3) is 6.15. The van der Waals surface area contributed by atoms with Gasteiger partial charge in [0.15, 0.2) is 5.16 Å². The molecule has 0 aliphatic carbocycles. The van der Waals surface area contributed by atoms with Gasteiger partial charge in [-0.05, 0) is 30.3 Å². The number of benzene rings is 2. The number of ether oxygens (including phenoxy) is 1. The Balaban J connectivity index is 1.49. The number of methoxy groups -OCH3 is 1. The summed E-state index contributed by atoms with van der Waals surface area (Å²) in [7, 11) is 3.37. The van der Waals surface area contributed by atoms with Gasteiger partial charge < -0.3 is 19.9 Å². The SMILES string of the molecule is COc1ccccc1NC(=O)CSc1nnc(CCNC(=O)c2ccc(Cl)c(Cl)c2)n1C. The van der Waals surface area contributed by atoms with E-state index >= 15 is 0 Å². The Labute approximate surface area is 199 Å². The van der Waals surface area contributed by atoms with Gasteiger partial charge in [0.05, 0.1) is 28.6 Å². The highest BCUT2D eigenvalue weighted by Crippen LogP contribution is 2.24. The number of carbonyl (C=O) groups is 2. The summed E-state index contributed by atoms with van der Waals surface area (Å²) in [5, 5.41) is 15.2. The lowest BCUT2D eigenvalue weighted by atomic mass is 10.2. The molecule has 2 amide bonds. The molecule has 0 saturated heterocycles. The minimum atomic E-state index is -0.256. The van der Waals surface area contributed by atoms with Crippen molar-refractivity contribution in [1.29, 1.82) is 0 Å². The Bertz CT molecular complexity index is 1120. The average molecular weight is 494 g/mol. The normalized spacial score (nSPS) is 10.6. The molecule has 3 aromatic rings. The summed E-state index contributed by atoms with van der Waals surface area (Å²) in [6.07, 6.45) is 0.477. The molecule has 11 heteroatoms. The van der Waals surface area contributed by atoms with E-state index in [-0.39, 0.29) is 17.6 Å². The number of halogens is 2. The van der Waals surface area contributed by atoms with Gasteiger partial charge in [0, 0.05) is 25.6 Å². The summed E-state index contributed by atoms with van der Waals surface area (Å²) in [5.41, 5.74) is 1.03. The third-order valence-corrected chi connectivity index (χ3v) is 6.21. The van der Waals surface area contributed by atoms with E-state index in [2.05, 4.69) is 20.8 Å². The molecule has 0 saturated carbocycles. The minimum absolute atomic E-state index is 0.165. The molecule has 8 nitrogen and oxygen atoms in total. The van der Waals surface area contributed by atoms with Crippen LogP contribution in [0.4, 0.5) is 5.69 Å². The van der Waals surface area contributed by atoms with E-state index in [1.165, 1.54) is 17.8 Å². The van der Waals surface area contributed by atoms with Gasteiger partial charge >= 0.3 is 0 Å². The van der Waals surface area contributed by atoms with Crippen LogP contribution in [0.5, 0.6) is 5.75 Å². The third-order valence-electron chi connectivity index (χ3n) is 4.45. The van der Waals surface area contributed by atoms with E-state index in [1.807, 2.05) is 19.2 Å². The lowest BCUT2D eigenvalue weighted by Gasteiger charge is -2.09. The molecule has 3 rings (SSSR count). The molecule has 0 aliphatic rings. The first-order chi connectivity index (χ1) is 15.4. The van der Waals surface area contributed by atoms with Crippen molar-refractivity contribution < 1.29 is 14.3 Å². The zero-order chi connectivity index (χ0) is 23.1. The van der Waals surface area contributed by atoms with Crippen LogP contribution in [-0.4, -0.2) is 46.0 Å². The summed E-state index contributed by atoms with van der Waals surface area (Å²) >= 11 is 13.1. The van der Waals surface area contributed by atoms with Crippen molar-refractivity contribution in [1.82, 2.24) is 20.1 Å². The van der Waals surface area contributed by atoms with E-state index in [0.29, 0.717) is 51.0 Å². The number of aromatic nitrogens is 3. The fraction of sp³-hybridized carbons (Fsp3) is 0.238. The molecule has 0 spiro atoms. The first kappa shape index (κ1) is 23.9. The van der Waals surface area contributed by atoms with Crippen molar-refractivity contribution in [3.8, 4) is 5.75 Å².